The van der Waals surface area contributed by atoms with Gasteiger partial charge in [0.1, 0.15) is 5.82 Å². The molecule has 0 saturated heterocycles. The first-order chi connectivity index (χ1) is 13.1. The van der Waals surface area contributed by atoms with E-state index in [0.717, 1.165) is 17.8 Å². The lowest BCUT2D eigenvalue weighted by Crippen LogP contribution is -2.37. The van der Waals surface area contributed by atoms with Crippen LogP contribution < -0.4 is 10.2 Å². The SMILES string of the molecule is O=C(NCC(c1cccs1)N1CCc2ccccc21)c1c(F)cccc1Cl. The molecule has 1 amide bonds. The van der Waals surface area contributed by atoms with Crippen LogP contribution in [0.2, 0.25) is 5.02 Å². The first kappa shape index (κ1) is 18.0. The molecule has 2 aromatic carbocycles. The van der Waals surface area contributed by atoms with Gasteiger partial charge in [-0.05, 0) is 41.6 Å². The van der Waals surface area contributed by atoms with Crippen LogP contribution in [0.3, 0.4) is 0 Å². The zero-order valence-corrected chi connectivity index (χ0v) is 16.1. The van der Waals surface area contributed by atoms with Crippen molar-refractivity contribution in [3.63, 3.8) is 0 Å². The number of rotatable bonds is 5. The number of amides is 1. The summed E-state index contributed by atoms with van der Waals surface area (Å²) in [5.41, 5.74) is 2.39. The fourth-order valence-electron chi connectivity index (χ4n) is 3.53. The summed E-state index contributed by atoms with van der Waals surface area (Å²) in [6, 6.07) is 16.6. The smallest absolute Gasteiger partial charge is 0.255 e. The summed E-state index contributed by atoms with van der Waals surface area (Å²) in [6.45, 7) is 1.26. The molecule has 0 saturated carbocycles. The Morgan fingerprint density at radius 1 is 1.19 bits per heavy atom. The van der Waals surface area contributed by atoms with Gasteiger partial charge in [0.15, 0.2) is 0 Å². The Hall–Kier alpha value is -2.37. The second-order valence-electron chi connectivity index (χ2n) is 6.41. The third-order valence-electron chi connectivity index (χ3n) is 4.82. The molecule has 1 atom stereocenters. The van der Waals surface area contributed by atoms with Gasteiger partial charge in [0.25, 0.3) is 5.91 Å². The van der Waals surface area contributed by atoms with E-state index in [1.165, 1.54) is 29.4 Å². The maximum atomic E-state index is 14.0. The molecule has 0 bridgehead atoms. The van der Waals surface area contributed by atoms with E-state index < -0.39 is 11.7 Å². The predicted molar refractivity (Wildman–Crippen MR) is 108 cm³/mol. The van der Waals surface area contributed by atoms with Crippen molar-refractivity contribution in [1.82, 2.24) is 5.32 Å². The number of carbonyl (C=O) groups is 1. The molecule has 3 aromatic rings. The predicted octanol–water partition coefficient (Wildman–Crippen LogP) is 5.07. The van der Waals surface area contributed by atoms with E-state index in [1.54, 1.807) is 11.3 Å². The standard InChI is InChI=1S/C21H18ClFN2OS/c22-15-6-3-7-16(23)20(15)21(26)24-13-18(19-9-4-12-27-19)25-11-10-14-5-1-2-8-17(14)25/h1-9,12,18H,10-11,13H2,(H,24,26). The number of benzene rings is 2. The summed E-state index contributed by atoms with van der Waals surface area (Å²) < 4.78 is 14.0. The highest BCUT2D eigenvalue weighted by Gasteiger charge is 2.28. The first-order valence-corrected chi connectivity index (χ1v) is 10.0. The molecule has 138 valence electrons. The van der Waals surface area contributed by atoms with E-state index in [4.69, 9.17) is 11.6 Å². The molecular weight excluding hydrogens is 383 g/mol. The van der Waals surface area contributed by atoms with Crippen LogP contribution >= 0.6 is 22.9 Å². The highest BCUT2D eigenvalue weighted by molar-refractivity contribution is 7.10. The largest absolute Gasteiger partial charge is 0.361 e. The van der Waals surface area contributed by atoms with Gasteiger partial charge in [-0.2, -0.15) is 0 Å². The van der Waals surface area contributed by atoms with Gasteiger partial charge in [0, 0.05) is 23.7 Å². The first-order valence-electron chi connectivity index (χ1n) is 8.75. The average molecular weight is 401 g/mol. The fourth-order valence-corrected chi connectivity index (χ4v) is 4.61. The monoisotopic (exact) mass is 400 g/mol. The Morgan fingerprint density at radius 2 is 2.04 bits per heavy atom. The Balaban J connectivity index is 1.58. The zero-order chi connectivity index (χ0) is 18.8. The van der Waals surface area contributed by atoms with Crippen LogP contribution in [0.5, 0.6) is 0 Å². The van der Waals surface area contributed by atoms with Crippen LogP contribution in [0.1, 0.15) is 26.8 Å². The van der Waals surface area contributed by atoms with E-state index in [2.05, 4.69) is 28.4 Å². The summed E-state index contributed by atoms with van der Waals surface area (Å²) in [5.74, 6) is -1.11. The lowest BCUT2D eigenvalue weighted by molar-refractivity contribution is 0.0947. The fraction of sp³-hybridized carbons (Fsp3) is 0.190. The van der Waals surface area contributed by atoms with Crippen molar-refractivity contribution in [2.75, 3.05) is 18.0 Å². The minimum absolute atomic E-state index is 0.0110. The summed E-state index contributed by atoms with van der Waals surface area (Å²) in [5, 5.41) is 5.02. The summed E-state index contributed by atoms with van der Waals surface area (Å²) in [4.78, 5) is 16.0. The quantitative estimate of drug-likeness (QED) is 0.648. The number of carbonyl (C=O) groups excluding carboxylic acids is 1. The van der Waals surface area contributed by atoms with Gasteiger partial charge in [0.2, 0.25) is 0 Å². The van der Waals surface area contributed by atoms with Crippen LogP contribution in [0.4, 0.5) is 10.1 Å². The molecule has 4 rings (SSSR count). The van der Waals surface area contributed by atoms with Crippen LogP contribution in [0.25, 0.3) is 0 Å². The molecule has 1 N–H and O–H groups in total. The number of para-hydroxylation sites is 1. The Labute approximate surface area is 166 Å². The van der Waals surface area contributed by atoms with Gasteiger partial charge >= 0.3 is 0 Å². The van der Waals surface area contributed by atoms with Crippen molar-refractivity contribution in [2.24, 2.45) is 0 Å². The Morgan fingerprint density at radius 3 is 2.81 bits per heavy atom. The molecule has 1 aliphatic rings. The summed E-state index contributed by atoms with van der Waals surface area (Å²) in [7, 11) is 0. The van der Waals surface area contributed by atoms with Crippen molar-refractivity contribution < 1.29 is 9.18 Å². The minimum Gasteiger partial charge on any atom is -0.361 e. The highest BCUT2D eigenvalue weighted by atomic mass is 35.5. The van der Waals surface area contributed by atoms with Crippen molar-refractivity contribution >= 4 is 34.5 Å². The van der Waals surface area contributed by atoms with Gasteiger partial charge in [0.05, 0.1) is 16.6 Å². The van der Waals surface area contributed by atoms with Crippen molar-refractivity contribution in [3.05, 3.63) is 86.8 Å². The molecule has 3 nitrogen and oxygen atoms in total. The van der Waals surface area contributed by atoms with E-state index in [1.807, 2.05) is 23.6 Å². The van der Waals surface area contributed by atoms with Crippen LogP contribution in [-0.2, 0) is 6.42 Å². The Kier molecular flexibility index (Phi) is 5.14. The molecule has 0 aliphatic carbocycles. The molecule has 1 aromatic heterocycles. The molecule has 0 spiro atoms. The van der Waals surface area contributed by atoms with Crippen molar-refractivity contribution in [3.8, 4) is 0 Å². The van der Waals surface area contributed by atoms with Gasteiger partial charge in [-0.1, -0.05) is 41.9 Å². The lowest BCUT2D eigenvalue weighted by atomic mass is 10.1. The maximum Gasteiger partial charge on any atom is 0.255 e. The number of nitrogens with zero attached hydrogens (tertiary/aromatic N) is 1. The third-order valence-corrected chi connectivity index (χ3v) is 6.11. The number of thiophene rings is 1. The van der Waals surface area contributed by atoms with Crippen LogP contribution in [0.15, 0.2) is 60.0 Å². The summed E-state index contributed by atoms with van der Waals surface area (Å²) in [6.07, 6.45) is 0.977. The molecular formula is C21H18ClFN2OS. The van der Waals surface area contributed by atoms with Crippen LogP contribution in [-0.4, -0.2) is 19.0 Å². The molecule has 0 radical (unpaired) electrons. The van der Waals surface area contributed by atoms with Gasteiger partial charge in [-0.15, -0.1) is 11.3 Å². The van der Waals surface area contributed by atoms with Crippen LogP contribution in [0, 0.1) is 5.82 Å². The number of nitrogens with one attached hydrogen (secondary N) is 1. The third kappa shape index (κ3) is 3.57. The molecule has 0 fully saturated rings. The van der Waals surface area contributed by atoms with Crippen molar-refractivity contribution in [2.45, 2.75) is 12.5 Å². The molecule has 27 heavy (non-hydrogen) atoms. The number of hydrogen-bond acceptors (Lipinski definition) is 3. The topological polar surface area (TPSA) is 32.3 Å². The zero-order valence-electron chi connectivity index (χ0n) is 14.5. The van der Waals surface area contributed by atoms with E-state index in [0.29, 0.717) is 6.54 Å². The van der Waals surface area contributed by atoms with E-state index >= 15 is 0 Å². The maximum absolute atomic E-state index is 14.0. The molecule has 1 aliphatic heterocycles. The second kappa shape index (κ2) is 7.71. The van der Waals surface area contributed by atoms with Gasteiger partial charge < -0.3 is 10.2 Å². The number of anilines is 1. The average Bonchev–Trinajstić information content (AvgIpc) is 3.32. The highest BCUT2D eigenvalue weighted by Crippen LogP contribution is 2.36. The van der Waals surface area contributed by atoms with Gasteiger partial charge in [-0.3, -0.25) is 4.79 Å². The van der Waals surface area contributed by atoms with E-state index in [-0.39, 0.29) is 16.6 Å². The number of hydrogen-bond donors (Lipinski definition) is 1. The normalized spacial score (nSPS) is 14.1. The van der Waals surface area contributed by atoms with Crippen molar-refractivity contribution in [1.29, 1.82) is 0 Å². The lowest BCUT2D eigenvalue weighted by Gasteiger charge is -2.30. The minimum atomic E-state index is -0.612. The molecule has 6 heteroatoms. The second-order valence-corrected chi connectivity index (χ2v) is 7.80. The molecule has 2 heterocycles. The Bertz CT molecular complexity index is 940. The van der Waals surface area contributed by atoms with E-state index in [9.17, 15) is 9.18 Å². The number of fused-ring (bicyclic) bond motifs is 1. The molecule has 1 unspecified atom stereocenters. The van der Waals surface area contributed by atoms with Gasteiger partial charge in [-0.25, -0.2) is 4.39 Å². The summed E-state index contributed by atoms with van der Waals surface area (Å²) >= 11 is 7.68. The number of halogens is 2.